The van der Waals surface area contributed by atoms with E-state index in [1.165, 1.54) is 0 Å². The lowest BCUT2D eigenvalue weighted by Crippen LogP contribution is -2.24. The van der Waals surface area contributed by atoms with E-state index in [2.05, 4.69) is 0 Å². The van der Waals surface area contributed by atoms with E-state index < -0.39 is 0 Å². The number of hydrogen-bond acceptors (Lipinski definition) is 3. The highest BCUT2D eigenvalue weighted by molar-refractivity contribution is 5.69. The van der Waals surface area contributed by atoms with E-state index in [9.17, 15) is 4.79 Å². The zero-order chi connectivity index (χ0) is 8.27. The van der Waals surface area contributed by atoms with Crippen LogP contribution in [-0.2, 0) is 14.3 Å². The maximum atomic E-state index is 10.8. The molecule has 3 heteroatoms. The van der Waals surface area contributed by atoms with Gasteiger partial charge in [-0.25, -0.2) is 0 Å². The van der Waals surface area contributed by atoms with Crippen molar-refractivity contribution in [3.8, 4) is 0 Å². The summed E-state index contributed by atoms with van der Waals surface area (Å²) in [6, 6.07) is 0. The molecule has 0 aliphatic carbocycles. The van der Waals surface area contributed by atoms with Gasteiger partial charge in [0.25, 0.3) is 0 Å². The van der Waals surface area contributed by atoms with Gasteiger partial charge in [-0.05, 0) is 6.92 Å². The van der Waals surface area contributed by atoms with Crippen LogP contribution in [0.25, 0.3) is 0 Å². The Bertz CT molecular complexity index is 144. The normalized spacial score (nSPS) is 30.4. The summed E-state index contributed by atoms with van der Waals surface area (Å²) in [6.07, 6.45) is 1.35. The van der Waals surface area contributed by atoms with Crippen molar-refractivity contribution in [2.45, 2.75) is 38.9 Å². The van der Waals surface area contributed by atoms with Gasteiger partial charge in [0, 0.05) is 12.8 Å². The summed E-state index contributed by atoms with van der Waals surface area (Å²) in [5.74, 6) is -0.132. The van der Waals surface area contributed by atoms with Crippen LogP contribution in [-0.4, -0.2) is 24.8 Å². The van der Waals surface area contributed by atoms with Gasteiger partial charge in [-0.1, -0.05) is 6.92 Å². The highest BCUT2D eigenvalue weighted by atomic mass is 16.6. The number of hydrogen-bond donors (Lipinski definition) is 0. The van der Waals surface area contributed by atoms with Crippen molar-refractivity contribution in [1.29, 1.82) is 0 Å². The van der Waals surface area contributed by atoms with E-state index in [4.69, 9.17) is 9.47 Å². The minimum atomic E-state index is -0.132. The molecule has 1 aliphatic heterocycles. The van der Waals surface area contributed by atoms with Crippen LogP contribution < -0.4 is 0 Å². The third-order valence-corrected chi connectivity index (χ3v) is 1.88. The third kappa shape index (κ3) is 2.19. The van der Waals surface area contributed by atoms with Crippen molar-refractivity contribution in [2.75, 3.05) is 6.61 Å². The molecule has 2 atom stereocenters. The highest BCUT2D eigenvalue weighted by Gasteiger charge is 2.26. The average Bonchev–Trinajstić information content (AvgIpc) is 2.37. The molecule has 11 heavy (non-hydrogen) atoms. The van der Waals surface area contributed by atoms with Crippen LogP contribution in [0.2, 0.25) is 0 Å². The second-order valence-electron chi connectivity index (χ2n) is 2.75. The second kappa shape index (κ2) is 3.72. The second-order valence-corrected chi connectivity index (χ2v) is 2.75. The van der Waals surface area contributed by atoms with Crippen molar-refractivity contribution in [3.63, 3.8) is 0 Å². The summed E-state index contributed by atoms with van der Waals surface area (Å²) in [4.78, 5) is 10.8. The van der Waals surface area contributed by atoms with Gasteiger partial charge in [-0.3, -0.25) is 4.79 Å². The molecule has 1 saturated heterocycles. The number of esters is 1. The monoisotopic (exact) mass is 158 g/mol. The fraction of sp³-hybridized carbons (Fsp3) is 0.875. The average molecular weight is 158 g/mol. The van der Waals surface area contributed by atoms with Crippen molar-refractivity contribution in [1.82, 2.24) is 0 Å². The predicted octanol–water partition coefficient (Wildman–Crippen LogP) is 1.12. The molecule has 0 amide bonds. The first-order chi connectivity index (χ1) is 5.24. The largest absolute Gasteiger partial charge is 0.460 e. The van der Waals surface area contributed by atoms with E-state index >= 15 is 0 Å². The SMILES string of the molecule is CCC(=O)OC1CCOC1C. The third-order valence-electron chi connectivity index (χ3n) is 1.88. The Hall–Kier alpha value is -0.570. The van der Waals surface area contributed by atoms with Gasteiger partial charge in [-0.2, -0.15) is 0 Å². The van der Waals surface area contributed by atoms with Crippen LogP contribution in [0.15, 0.2) is 0 Å². The summed E-state index contributed by atoms with van der Waals surface area (Å²) in [5, 5.41) is 0. The van der Waals surface area contributed by atoms with Gasteiger partial charge in [0.15, 0.2) is 0 Å². The van der Waals surface area contributed by atoms with Gasteiger partial charge in [0.2, 0.25) is 0 Å². The van der Waals surface area contributed by atoms with E-state index in [-0.39, 0.29) is 18.2 Å². The van der Waals surface area contributed by atoms with Crippen molar-refractivity contribution in [2.24, 2.45) is 0 Å². The molecular formula is C8H14O3. The molecular weight excluding hydrogens is 144 g/mol. The predicted molar refractivity (Wildman–Crippen MR) is 40.2 cm³/mol. The Morgan fingerprint density at radius 3 is 2.91 bits per heavy atom. The molecule has 0 aromatic carbocycles. The fourth-order valence-electron chi connectivity index (χ4n) is 1.12. The summed E-state index contributed by atoms with van der Waals surface area (Å²) < 4.78 is 10.3. The molecule has 0 radical (unpaired) electrons. The molecule has 0 N–H and O–H groups in total. The van der Waals surface area contributed by atoms with Crippen molar-refractivity contribution in [3.05, 3.63) is 0 Å². The highest BCUT2D eigenvalue weighted by Crippen LogP contribution is 2.16. The molecule has 1 aliphatic rings. The zero-order valence-electron chi connectivity index (χ0n) is 7.00. The summed E-state index contributed by atoms with van der Waals surface area (Å²) >= 11 is 0. The van der Waals surface area contributed by atoms with Crippen LogP contribution in [0.5, 0.6) is 0 Å². The van der Waals surface area contributed by atoms with Crippen molar-refractivity contribution >= 4 is 5.97 Å². The zero-order valence-corrected chi connectivity index (χ0v) is 7.00. The maximum Gasteiger partial charge on any atom is 0.305 e. The van der Waals surface area contributed by atoms with Crippen LogP contribution in [0.4, 0.5) is 0 Å². The fourth-order valence-corrected chi connectivity index (χ4v) is 1.12. The number of carbonyl (C=O) groups is 1. The molecule has 0 spiro atoms. The lowest BCUT2D eigenvalue weighted by Gasteiger charge is -2.14. The summed E-state index contributed by atoms with van der Waals surface area (Å²) in [6.45, 7) is 4.44. The Morgan fingerprint density at radius 2 is 2.45 bits per heavy atom. The molecule has 2 unspecified atom stereocenters. The van der Waals surface area contributed by atoms with Crippen molar-refractivity contribution < 1.29 is 14.3 Å². The first-order valence-electron chi connectivity index (χ1n) is 4.05. The molecule has 1 fully saturated rings. The van der Waals surface area contributed by atoms with Gasteiger partial charge in [0.1, 0.15) is 6.10 Å². The maximum absolute atomic E-state index is 10.8. The Labute approximate surface area is 66.7 Å². The minimum absolute atomic E-state index is 0.0116. The first-order valence-corrected chi connectivity index (χ1v) is 4.05. The number of ether oxygens (including phenoxy) is 2. The van der Waals surface area contributed by atoms with E-state index in [1.807, 2.05) is 6.92 Å². The molecule has 1 rings (SSSR count). The number of rotatable bonds is 2. The van der Waals surface area contributed by atoms with Crippen LogP contribution in [0.3, 0.4) is 0 Å². The minimum Gasteiger partial charge on any atom is -0.460 e. The molecule has 0 aromatic rings. The Morgan fingerprint density at radius 1 is 1.73 bits per heavy atom. The lowest BCUT2D eigenvalue weighted by molar-refractivity contribution is -0.150. The summed E-state index contributed by atoms with van der Waals surface area (Å²) in [5.41, 5.74) is 0. The molecule has 64 valence electrons. The van der Waals surface area contributed by atoms with Crippen LogP contribution in [0.1, 0.15) is 26.7 Å². The molecule has 0 bridgehead atoms. The number of carbonyl (C=O) groups excluding carboxylic acids is 1. The Balaban J connectivity index is 2.30. The first kappa shape index (κ1) is 8.53. The smallest absolute Gasteiger partial charge is 0.305 e. The van der Waals surface area contributed by atoms with Gasteiger partial charge in [-0.15, -0.1) is 0 Å². The van der Waals surface area contributed by atoms with Gasteiger partial charge in [0.05, 0.1) is 12.7 Å². The standard InChI is InChI=1S/C8H14O3/c1-3-8(9)11-7-4-5-10-6(7)2/h6-7H,3-5H2,1-2H3. The van der Waals surface area contributed by atoms with E-state index in [1.54, 1.807) is 6.92 Å². The quantitative estimate of drug-likeness (QED) is 0.565. The molecule has 0 saturated carbocycles. The molecule has 1 heterocycles. The summed E-state index contributed by atoms with van der Waals surface area (Å²) in [7, 11) is 0. The van der Waals surface area contributed by atoms with Gasteiger partial charge >= 0.3 is 5.97 Å². The van der Waals surface area contributed by atoms with E-state index in [0.717, 1.165) is 6.42 Å². The Kier molecular flexibility index (Phi) is 2.88. The molecule has 0 aromatic heterocycles. The van der Waals surface area contributed by atoms with Crippen LogP contribution >= 0.6 is 0 Å². The lowest BCUT2D eigenvalue weighted by atomic mass is 10.2. The van der Waals surface area contributed by atoms with Crippen LogP contribution in [0, 0.1) is 0 Å². The van der Waals surface area contributed by atoms with E-state index in [0.29, 0.717) is 13.0 Å². The molecule has 3 nitrogen and oxygen atoms in total. The van der Waals surface area contributed by atoms with Gasteiger partial charge < -0.3 is 9.47 Å². The topological polar surface area (TPSA) is 35.5 Å².